The number of hydrogen-bond acceptors (Lipinski definition) is 3. The van der Waals surface area contributed by atoms with E-state index in [1.165, 1.54) is 15.7 Å². The number of aromatic nitrogens is 2. The molecule has 1 aromatic heterocycles. The van der Waals surface area contributed by atoms with Crippen LogP contribution in [0, 0.1) is 11.7 Å². The second kappa shape index (κ2) is 11.8. The van der Waals surface area contributed by atoms with Crippen molar-refractivity contribution in [1.82, 2.24) is 9.13 Å². The van der Waals surface area contributed by atoms with Gasteiger partial charge < -0.3 is 5.11 Å². The van der Waals surface area contributed by atoms with Gasteiger partial charge in [-0.05, 0) is 67.1 Å². The van der Waals surface area contributed by atoms with Crippen LogP contribution in [-0.4, -0.2) is 14.2 Å². The monoisotopic (exact) mass is 464 g/mol. The summed E-state index contributed by atoms with van der Waals surface area (Å²) in [6, 6.07) is 8.47. The van der Waals surface area contributed by atoms with Gasteiger partial charge in [0, 0.05) is 13.1 Å². The molecule has 1 aromatic carbocycles. The van der Waals surface area contributed by atoms with E-state index in [1.807, 2.05) is 32.1 Å². The largest absolute Gasteiger partial charge is 0.494 e. The van der Waals surface area contributed by atoms with Crippen molar-refractivity contribution in [2.24, 2.45) is 0 Å². The second-order valence-electron chi connectivity index (χ2n) is 8.75. The minimum atomic E-state index is -0.281. The van der Waals surface area contributed by atoms with E-state index >= 15 is 0 Å². The lowest BCUT2D eigenvalue weighted by atomic mass is 9.79. The molecule has 0 bridgehead atoms. The Labute approximate surface area is 202 Å². The van der Waals surface area contributed by atoms with Crippen molar-refractivity contribution in [1.29, 1.82) is 0 Å². The maximum atomic E-state index is 12.8. The Balaban J connectivity index is 2.27. The molecule has 5 heteroatoms. The molecule has 4 nitrogen and oxygen atoms in total. The predicted octanol–water partition coefficient (Wildman–Crippen LogP) is 6.87. The lowest BCUT2D eigenvalue weighted by Gasteiger charge is -2.26. The molecule has 0 spiro atoms. The summed E-state index contributed by atoms with van der Waals surface area (Å²) in [5, 5.41) is 10.6. The quantitative estimate of drug-likeness (QED) is 0.308. The van der Waals surface area contributed by atoms with Crippen molar-refractivity contribution in [3.63, 3.8) is 0 Å². The van der Waals surface area contributed by atoms with E-state index in [9.17, 15) is 9.90 Å². The molecule has 0 aliphatic rings. The van der Waals surface area contributed by atoms with Crippen LogP contribution in [0.2, 0.25) is 0 Å². The standard InChI is InChI=1S/C28H36N2O2S/c1-7-20-30-26(32)23(25(31)29(9-3)27(30)33)16-12-11-15-22(8-2)18-19-28(5,6)24-17-13-10-14-21(24)4/h8,10-18,32H,2,7,9,19-20H2,1,3-6H3/b15-11+,16-12+,22-18+. The average Bonchev–Trinajstić information content (AvgIpc) is 2.78. The van der Waals surface area contributed by atoms with Crippen molar-refractivity contribution in [2.45, 2.75) is 66.0 Å². The predicted molar refractivity (Wildman–Crippen MR) is 142 cm³/mol. The van der Waals surface area contributed by atoms with Crippen molar-refractivity contribution in [3.8, 4) is 5.88 Å². The van der Waals surface area contributed by atoms with E-state index < -0.39 is 0 Å². The topological polar surface area (TPSA) is 47.2 Å². The number of aromatic hydroxyl groups is 1. The SMILES string of the molecule is C=CC(/C=C/C=C/c1c(O)n(CCC)c(=S)n(CC)c1=O)=C\CC(C)(C)c1ccccc1C. The molecule has 0 radical (unpaired) electrons. The second-order valence-corrected chi connectivity index (χ2v) is 9.12. The molecule has 1 heterocycles. The van der Waals surface area contributed by atoms with Gasteiger partial charge in [-0.15, -0.1) is 0 Å². The molecule has 33 heavy (non-hydrogen) atoms. The Morgan fingerprint density at radius 3 is 2.48 bits per heavy atom. The van der Waals surface area contributed by atoms with Crippen LogP contribution in [0.5, 0.6) is 5.88 Å². The summed E-state index contributed by atoms with van der Waals surface area (Å²) in [7, 11) is 0. The third-order valence-corrected chi connectivity index (χ3v) is 6.26. The van der Waals surface area contributed by atoms with E-state index in [4.69, 9.17) is 12.2 Å². The van der Waals surface area contributed by atoms with Gasteiger partial charge in [-0.25, -0.2) is 0 Å². The highest BCUT2D eigenvalue weighted by molar-refractivity contribution is 7.71. The zero-order valence-electron chi connectivity index (χ0n) is 20.5. The van der Waals surface area contributed by atoms with E-state index in [0.717, 1.165) is 18.4 Å². The first-order chi connectivity index (χ1) is 15.7. The van der Waals surface area contributed by atoms with Crippen LogP contribution in [0.3, 0.4) is 0 Å². The Morgan fingerprint density at radius 1 is 1.18 bits per heavy atom. The molecular formula is C28H36N2O2S. The van der Waals surface area contributed by atoms with Crippen molar-refractivity contribution >= 4 is 18.3 Å². The molecule has 0 atom stereocenters. The van der Waals surface area contributed by atoms with E-state index in [0.29, 0.717) is 17.9 Å². The van der Waals surface area contributed by atoms with Gasteiger partial charge in [-0.1, -0.05) is 82.0 Å². The number of rotatable bonds is 10. The van der Waals surface area contributed by atoms with Gasteiger partial charge in [0.2, 0.25) is 5.88 Å². The molecule has 0 amide bonds. The number of nitrogens with zero attached hydrogens (tertiary/aromatic N) is 2. The zero-order valence-corrected chi connectivity index (χ0v) is 21.3. The Hall–Kier alpha value is -2.92. The van der Waals surface area contributed by atoms with Crippen LogP contribution >= 0.6 is 12.2 Å². The van der Waals surface area contributed by atoms with Gasteiger partial charge in [0.25, 0.3) is 5.56 Å². The van der Waals surface area contributed by atoms with Gasteiger partial charge in [0.05, 0.1) is 0 Å². The molecular weight excluding hydrogens is 428 g/mol. The average molecular weight is 465 g/mol. The van der Waals surface area contributed by atoms with Crippen LogP contribution in [0.4, 0.5) is 0 Å². The van der Waals surface area contributed by atoms with Gasteiger partial charge in [-0.3, -0.25) is 13.9 Å². The zero-order chi connectivity index (χ0) is 24.6. The lowest BCUT2D eigenvalue weighted by Crippen LogP contribution is -2.26. The molecule has 2 rings (SSSR count). The summed E-state index contributed by atoms with van der Waals surface area (Å²) in [5.41, 5.74) is 3.58. The normalized spacial score (nSPS) is 12.7. The van der Waals surface area contributed by atoms with Crippen molar-refractivity contribution in [3.05, 3.63) is 98.6 Å². The Morgan fingerprint density at radius 2 is 1.88 bits per heavy atom. The van der Waals surface area contributed by atoms with Crippen molar-refractivity contribution < 1.29 is 5.11 Å². The van der Waals surface area contributed by atoms with E-state index in [-0.39, 0.29) is 22.4 Å². The summed E-state index contributed by atoms with van der Waals surface area (Å²) in [6.45, 7) is 15.4. The number of benzene rings is 1. The van der Waals surface area contributed by atoms with Crippen LogP contribution in [0.1, 0.15) is 57.2 Å². The first-order valence-electron chi connectivity index (χ1n) is 11.5. The fourth-order valence-corrected chi connectivity index (χ4v) is 4.30. The van der Waals surface area contributed by atoms with E-state index in [2.05, 4.69) is 57.7 Å². The van der Waals surface area contributed by atoms with Gasteiger partial charge >= 0.3 is 0 Å². The molecule has 0 fully saturated rings. The summed E-state index contributed by atoms with van der Waals surface area (Å²) in [4.78, 5) is 12.8. The first kappa shape index (κ1) is 26.3. The molecule has 176 valence electrons. The molecule has 2 aromatic rings. The van der Waals surface area contributed by atoms with Gasteiger partial charge in [-0.2, -0.15) is 0 Å². The molecule has 0 saturated carbocycles. The highest BCUT2D eigenvalue weighted by Gasteiger charge is 2.20. The molecule has 0 saturated heterocycles. The Kier molecular flexibility index (Phi) is 9.42. The number of aryl methyl sites for hydroxylation is 1. The summed E-state index contributed by atoms with van der Waals surface area (Å²) < 4.78 is 3.48. The molecule has 0 aliphatic heterocycles. The van der Waals surface area contributed by atoms with Gasteiger partial charge in [0.15, 0.2) is 4.77 Å². The number of hydrogen-bond donors (Lipinski definition) is 1. The highest BCUT2D eigenvalue weighted by Crippen LogP contribution is 2.30. The van der Waals surface area contributed by atoms with Crippen LogP contribution in [-0.2, 0) is 18.5 Å². The maximum absolute atomic E-state index is 12.8. The number of allylic oxidation sites excluding steroid dienone is 6. The van der Waals surface area contributed by atoms with E-state index in [1.54, 1.807) is 16.7 Å². The molecule has 0 aliphatic carbocycles. The molecule has 0 unspecified atom stereocenters. The van der Waals surface area contributed by atoms with Gasteiger partial charge in [0.1, 0.15) is 5.56 Å². The fraction of sp³-hybridized carbons (Fsp3) is 0.357. The highest BCUT2D eigenvalue weighted by atomic mass is 32.1. The van der Waals surface area contributed by atoms with Crippen LogP contribution in [0.15, 0.2) is 71.6 Å². The van der Waals surface area contributed by atoms with Crippen LogP contribution < -0.4 is 5.56 Å². The first-order valence-corrected chi connectivity index (χ1v) is 11.9. The van der Waals surface area contributed by atoms with Crippen LogP contribution in [0.25, 0.3) is 6.08 Å². The Bertz CT molecular complexity index is 1190. The maximum Gasteiger partial charge on any atom is 0.265 e. The third kappa shape index (κ3) is 6.32. The summed E-state index contributed by atoms with van der Waals surface area (Å²) >= 11 is 5.39. The minimum absolute atomic E-state index is 0.000826. The third-order valence-electron chi connectivity index (χ3n) is 5.82. The summed E-state index contributed by atoms with van der Waals surface area (Å²) in [6.07, 6.45) is 12.9. The molecule has 1 N–H and O–H groups in total. The smallest absolute Gasteiger partial charge is 0.265 e. The minimum Gasteiger partial charge on any atom is -0.494 e. The fourth-order valence-electron chi connectivity index (χ4n) is 3.91. The summed E-state index contributed by atoms with van der Waals surface area (Å²) in [5.74, 6) is -0.0827. The van der Waals surface area contributed by atoms with Crippen molar-refractivity contribution in [2.75, 3.05) is 0 Å². The lowest BCUT2D eigenvalue weighted by molar-refractivity contribution is 0.392.